The maximum Gasteiger partial charge on any atom is 0.289 e. The maximum absolute atomic E-state index is 13.9. The first-order valence-electron chi connectivity index (χ1n) is 9.71. The Morgan fingerprint density at radius 2 is 1.86 bits per heavy atom. The molecule has 0 atom stereocenters. The van der Waals surface area contributed by atoms with E-state index in [4.69, 9.17) is 4.42 Å². The van der Waals surface area contributed by atoms with Crippen molar-refractivity contribution in [1.82, 2.24) is 15.1 Å². The van der Waals surface area contributed by atoms with Crippen LogP contribution in [0.1, 0.15) is 30.3 Å². The van der Waals surface area contributed by atoms with E-state index in [1.165, 1.54) is 6.07 Å². The van der Waals surface area contributed by atoms with Crippen LogP contribution in [0.25, 0.3) is 11.3 Å². The molecule has 0 radical (unpaired) electrons. The van der Waals surface area contributed by atoms with E-state index in [0.717, 1.165) is 12.8 Å². The first kappa shape index (κ1) is 20.1. The van der Waals surface area contributed by atoms with E-state index in [2.05, 4.69) is 12.2 Å². The van der Waals surface area contributed by atoms with Crippen LogP contribution in [0, 0.1) is 5.82 Å². The molecule has 1 fully saturated rings. The van der Waals surface area contributed by atoms with Gasteiger partial charge in [0.05, 0.1) is 12.1 Å². The highest BCUT2D eigenvalue weighted by atomic mass is 19.1. The van der Waals surface area contributed by atoms with Gasteiger partial charge < -0.3 is 14.6 Å². The van der Waals surface area contributed by atoms with Gasteiger partial charge in [-0.25, -0.2) is 4.39 Å². The summed E-state index contributed by atoms with van der Waals surface area (Å²) in [7, 11) is 0. The third-order valence-electron chi connectivity index (χ3n) is 4.84. The fourth-order valence-corrected chi connectivity index (χ4v) is 3.19. The van der Waals surface area contributed by atoms with Crippen molar-refractivity contribution in [3.05, 3.63) is 48.0 Å². The summed E-state index contributed by atoms with van der Waals surface area (Å²) in [5.74, 6) is -0.0436. The zero-order valence-electron chi connectivity index (χ0n) is 16.1. The molecular formula is C21H26FN3O3. The fraction of sp³-hybridized carbons (Fsp3) is 0.429. The van der Waals surface area contributed by atoms with Gasteiger partial charge >= 0.3 is 0 Å². The third-order valence-corrected chi connectivity index (χ3v) is 4.84. The highest BCUT2D eigenvalue weighted by molar-refractivity contribution is 5.92. The Morgan fingerprint density at radius 1 is 1.11 bits per heavy atom. The minimum absolute atomic E-state index is 0.0220. The first-order chi connectivity index (χ1) is 13.6. The zero-order valence-corrected chi connectivity index (χ0v) is 16.1. The molecule has 0 saturated carbocycles. The van der Waals surface area contributed by atoms with Gasteiger partial charge in [-0.1, -0.05) is 25.5 Å². The average molecular weight is 387 g/mol. The number of benzene rings is 1. The van der Waals surface area contributed by atoms with Gasteiger partial charge in [-0.2, -0.15) is 0 Å². The number of halogens is 1. The zero-order chi connectivity index (χ0) is 19.9. The maximum atomic E-state index is 13.9. The molecule has 2 heterocycles. The molecule has 2 aromatic rings. The molecule has 150 valence electrons. The topological polar surface area (TPSA) is 65.8 Å². The summed E-state index contributed by atoms with van der Waals surface area (Å²) >= 11 is 0. The van der Waals surface area contributed by atoms with Crippen LogP contribution in [0.2, 0.25) is 0 Å². The van der Waals surface area contributed by atoms with Crippen molar-refractivity contribution in [3.63, 3.8) is 0 Å². The standard InChI is InChI=1S/C21H26FN3O3/c1-2-3-10-23-20(26)15-24-11-13-25(14-12-24)21(27)19-9-8-18(28-19)16-6-4-5-7-17(16)22/h4-9H,2-3,10-15H2,1H3,(H,23,26). The molecule has 7 heteroatoms. The Kier molecular flexibility index (Phi) is 6.81. The molecule has 1 aliphatic rings. The summed E-state index contributed by atoms with van der Waals surface area (Å²) in [6.07, 6.45) is 2.03. The molecular weight excluding hydrogens is 361 g/mol. The van der Waals surface area contributed by atoms with Crippen molar-refractivity contribution in [2.24, 2.45) is 0 Å². The van der Waals surface area contributed by atoms with Crippen LogP contribution in [0.4, 0.5) is 4.39 Å². The number of piperazine rings is 1. The molecule has 28 heavy (non-hydrogen) atoms. The van der Waals surface area contributed by atoms with Crippen LogP contribution in [0.3, 0.4) is 0 Å². The predicted molar refractivity (Wildman–Crippen MR) is 104 cm³/mol. The molecule has 0 aliphatic carbocycles. The Morgan fingerprint density at radius 3 is 2.57 bits per heavy atom. The smallest absolute Gasteiger partial charge is 0.289 e. The van der Waals surface area contributed by atoms with E-state index < -0.39 is 0 Å². The largest absolute Gasteiger partial charge is 0.451 e. The van der Waals surface area contributed by atoms with Gasteiger partial charge in [-0.05, 0) is 30.7 Å². The Hall–Kier alpha value is -2.67. The van der Waals surface area contributed by atoms with E-state index >= 15 is 0 Å². The summed E-state index contributed by atoms with van der Waals surface area (Å²) in [5.41, 5.74) is 0.334. The minimum Gasteiger partial charge on any atom is -0.451 e. The molecule has 1 aromatic carbocycles. The van der Waals surface area contributed by atoms with E-state index in [-0.39, 0.29) is 23.4 Å². The van der Waals surface area contributed by atoms with Gasteiger partial charge in [0.25, 0.3) is 5.91 Å². The Bertz CT molecular complexity index is 813. The van der Waals surface area contributed by atoms with Crippen molar-refractivity contribution >= 4 is 11.8 Å². The highest BCUT2D eigenvalue weighted by Crippen LogP contribution is 2.25. The SMILES string of the molecule is CCCCNC(=O)CN1CCN(C(=O)c2ccc(-c3ccccc3F)o2)CC1. The van der Waals surface area contributed by atoms with Crippen LogP contribution in [-0.2, 0) is 4.79 Å². The summed E-state index contributed by atoms with van der Waals surface area (Å²) in [6, 6.07) is 9.50. The molecule has 3 rings (SSSR count). The first-order valence-corrected chi connectivity index (χ1v) is 9.71. The van der Waals surface area contributed by atoms with Crippen molar-refractivity contribution in [2.45, 2.75) is 19.8 Å². The number of hydrogen-bond donors (Lipinski definition) is 1. The lowest BCUT2D eigenvalue weighted by Crippen LogP contribution is -2.51. The number of furan rings is 1. The van der Waals surface area contributed by atoms with Crippen molar-refractivity contribution in [3.8, 4) is 11.3 Å². The molecule has 0 spiro atoms. The van der Waals surface area contributed by atoms with Gasteiger partial charge in [0.1, 0.15) is 11.6 Å². The lowest BCUT2D eigenvalue weighted by molar-refractivity contribution is -0.122. The van der Waals surface area contributed by atoms with Crippen LogP contribution in [0.5, 0.6) is 0 Å². The van der Waals surface area contributed by atoms with E-state index in [9.17, 15) is 14.0 Å². The van der Waals surface area contributed by atoms with Gasteiger partial charge in [-0.15, -0.1) is 0 Å². The van der Waals surface area contributed by atoms with Gasteiger partial charge in [-0.3, -0.25) is 14.5 Å². The summed E-state index contributed by atoms with van der Waals surface area (Å²) in [4.78, 5) is 28.3. The van der Waals surface area contributed by atoms with Crippen LogP contribution in [0.15, 0.2) is 40.8 Å². The minimum atomic E-state index is -0.387. The second kappa shape index (κ2) is 9.50. The molecule has 6 nitrogen and oxygen atoms in total. The average Bonchev–Trinajstić information content (AvgIpc) is 3.18. The second-order valence-electron chi connectivity index (χ2n) is 6.92. The summed E-state index contributed by atoms with van der Waals surface area (Å²) in [5, 5.41) is 2.91. The summed E-state index contributed by atoms with van der Waals surface area (Å²) in [6.45, 7) is 5.45. The normalized spacial score (nSPS) is 14.9. The van der Waals surface area contributed by atoms with E-state index in [1.807, 2.05) is 4.90 Å². The highest BCUT2D eigenvalue weighted by Gasteiger charge is 2.25. The molecule has 0 unspecified atom stereocenters. The number of hydrogen-bond acceptors (Lipinski definition) is 4. The van der Waals surface area contributed by atoms with Crippen LogP contribution in [-0.4, -0.2) is 60.9 Å². The summed E-state index contributed by atoms with van der Waals surface area (Å²) < 4.78 is 19.5. The van der Waals surface area contributed by atoms with Crippen molar-refractivity contribution in [1.29, 1.82) is 0 Å². The number of nitrogens with one attached hydrogen (secondary N) is 1. The van der Waals surface area contributed by atoms with E-state index in [0.29, 0.717) is 50.6 Å². The quantitative estimate of drug-likeness (QED) is 0.742. The van der Waals surface area contributed by atoms with Gasteiger partial charge in [0.2, 0.25) is 5.91 Å². The lowest BCUT2D eigenvalue weighted by atomic mass is 10.1. The molecule has 1 saturated heterocycles. The number of amides is 2. The Labute approximate surface area is 164 Å². The van der Waals surface area contributed by atoms with Crippen molar-refractivity contribution in [2.75, 3.05) is 39.3 Å². The van der Waals surface area contributed by atoms with Gasteiger partial charge in [0, 0.05) is 32.7 Å². The van der Waals surface area contributed by atoms with Crippen molar-refractivity contribution < 1.29 is 18.4 Å². The molecule has 2 amide bonds. The lowest BCUT2D eigenvalue weighted by Gasteiger charge is -2.33. The third kappa shape index (κ3) is 4.98. The number of unbranched alkanes of at least 4 members (excludes halogenated alkanes) is 1. The number of nitrogens with zero attached hydrogens (tertiary/aromatic N) is 2. The Balaban J connectivity index is 1.52. The molecule has 1 aliphatic heterocycles. The molecule has 1 N–H and O–H groups in total. The molecule has 0 bridgehead atoms. The van der Waals surface area contributed by atoms with Crippen LogP contribution >= 0.6 is 0 Å². The second-order valence-corrected chi connectivity index (χ2v) is 6.92. The number of carbonyl (C=O) groups excluding carboxylic acids is 2. The van der Waals surface area contributed by atoms with Crippen LogP contribution < -0.4 is 5.32 Å². The predicted octanol–water partition coefficient (Wildman–Crippen LogP) is 2.76. The fourth-order valence-electron chi connectivity index (χ4n) is 3.19. The number of carbonyl (C=O) groups is 2. The van der Waals surface area contributed by atoms with Gasteiger partial charge in [0.15, 0.2) is 5.76 Å². The molecule has 1 aromatic heterocycles. The number of rotatable bonds is 7. The monoisotopic (exact) mass is 387 g/mol. The van der Waals surface area contributed by atoms with E-state index in [1.54, 1.807) is 35.2 Å².